The molecule has 0 spiro atoms. The molecule has 2 aromatic rings. The molecule has 6 heteroatoms. The van der Waals surface area contributed by atoms with Crippen molar-refractivity contribution in [3.05, 3.63) is 45.4 Å². The second-order valence-corrected chi connectivity index (χ2v) is 5.78. The summed E-state index contributed by atoms with van der Waals surface area (Å²) in [5.41, 5.74) is 0.694. The summed E-state index contributed by atoms with van der Waals surface area (Å²) in [5.74, 6) is 0.801. The Labute approximate surface area is 123 Å². The van der Waals surface area contributed by atoms with E-state index < -0.39 is 0 Å². The second-order valence-electron chi connectivity index (χ2n) is 5.40. The minimum absolute atomic E-state index is 0.119. The summed E-state index contributed by atoms with van der Waals surface area (Å²) in [6.07, 6.45) is 1.92. The van der Waals surface area contributed by atoms with Crippen molar-refractivity contribution in [1.29, 1.82) is 0 Å². The van der Waals surface area contributed by atoms with E-state index in [1.54, 1.807) is 4.57 Å². The van der Waals surface area contributed by atoms with Crippen molar-refractivity contribution in [3.63, 3.8) is 0 Å². The van der Waals surface area contributed by atoms with E-state index in [4.69, 9.17) is 11.6 Å². The first kappa shape index (κ1) is 14.8. The van der Waals surface area contributed by atoms with Gasteiger partial charge in [-0.25, -0.2) is 4.98 Å². The van der Waals surface area contributed by atoms with Gasteiger partial charge in [0.15, 0.2) is 0 Å². The fraction of sp³-hybridized carbons (Fsp3) is 0.500. The van der Waals surface area contributed by atoms with Gasteiger partial charge in [-0.05, 0) is 19.9 Å². The van der Waals surface area contributed by atoms with Crippen LogP contribution in [0.2, 0.25) is 5.15 Å². The standard InChI is InChI=1S/C14H19ClN4O/c1-9(2)14-16-12(15)7-13(20)18(14)8-11-5-6-19(17-11)10(3)4/h5-7,9-10H,8H2,1-4H3. The second kappa shape index (κ2) is 5.79. The van der Waals surface area contributed by atoms with Crippen LogP contribution in [0.1, 0.15) is 51.2 Å². The average molecular weight is 295 g/mol. The first-order valence-electron chi connectivity index (χ1n) is 6.69. The molecule has 2 aromatic heterocycles. The monoisotopic (exact) mass is 294 g/mol. The fourth-order valence-corrected chi connectivity index (χ4v) is 2.19. The predicted octanol–water partition coefficient (Wildman–Crippen LogP) is 2.85. The third-order valence-electron chi connectivity index (χ3n) is 3.04. The summed E-state index contributed by atoms with van der Waals surface area (Å²) in [7, 11) is 0. The largest absolute Gasteiger partial charge is 0.290 e. The lowest BCUT2D eigenvalue weighted by Gasteiger charge is -2.13. The first-order valence-corrected chi connectivity index (χ1v) is 7.07. The topological polar surface area (TPSA) is 52.7 Å². The normalized spacial score (nSPS) is 11.6. The molecule has 0 atom stereocenters. The molecule has 2 heterocycles. The Morgan fingerprint density at radius 2 is 2.00 bits per heavy atom. The molecular formula is C14H19ClN4O. The predicted molar refractivity (Wildman–Crippen MR) is 79.3 cm³/mol. The van der Waals surface area contributed by atoms with Gasteiger partial charge in [-0.15, -0.1) is 0 Å². The lowest BCUT2D eigenvalue weighted by Crippen LogP contribution is -2.26. The third-order valence-corrected chi connectivity index (χ3v) is 3.23. The third kappa shape index (κ3) is 3.10. The van der Waals surface area contributed by atoms with Crippen molar-refractivity contribution < 1.29 is 0 Å². The molecule has 0 unspecified atom stereocenters. The summed E-state index contributed by atoms with van der Waals surface area (Å²) in [6.45, 7) is 8.51. The van der Waals surface area contributed by atoms with E-state index in [1.807, 2.05) is 30.8 Å². The minimum Gasteiger partial charge on any atom is -0.290 e. The molecule has 0 saturated carbocycles. The van der Waals surface area contributed by atoms with Crippen molar-refractivity contribution in [2.24, 2.45) is 0 Å². The van der Waals surface area contributed by atoms with Crippen molar-refractivity contribution in [3.8, 4) is 0 Å². The van der Waals surface area contributed by atoms with E-state index in [-0.39, 0.29) is 16.6 Å². The van der Waals surface area contributed by atoms with Gasteiger partial charge in [0.25, 0.3) is 5.56 Å². The molecule has 20 heavy (non-hydrogen) atoms. The molecule has 0 saturated heterocycles. The summed E-state index contributed by atoms with van der Waals surface area (Å²) in [5, 5.41) is 4.70. The van der Waals surface area contributed by atoms with Crippen molar-refractivity contribution in [2.45, 2.75) is 46.2 Å². The molecule has 0 aliphatic carbocycles. The summed E-state index contributed by atoms with van der Waals surface area (Å²) in [4.78, 5) is 16.4. The number of hydrogen-bond acceptors (Lipinski definition) is 3. The van der Waals surface area contributed by atoms with Crippen molar-refractivity contribution in [1.82, 2.24) is 19.3 Å². The van der Waals surface area contributed by atoms with Gasteiger partial charge in [0.1, 0.15) is 11.0 Å². The van der Waals surface area contributed by atoms with Gasteiger partial charge in [-0.1, -0.05) is 25.4 Å². The van der Waals surface area contributed by atoms with Crippen LogP contribution in [0.3, 0.4) is 0 Å². The molecule has 0 aliphatic rings. The van der Waals surface area contributed by atoms with Crippen LogP contribution in [0, 0.1) is 0 Å². The van der Waals surface area contributed by atoms with Crippen molar-refractivity contribution in [2.75, 3.05) is 0 Å². The van der Waals surface area contributed by atoms with Gasteiger partial charge in [0.05, 0.1) is 12.2 Å². The quantitative estimate of drug-likeness (QED) is 0.815. The molecule has 2 rings (SSSR count). The molecule has 5 nitrogen and oxygen atoms in total. The molecular weight excluding hydrogens is 276 g/mol. The summed E-state index contributed by atoms with van der Waals surface area (Å²) in [6, 6.07) is 3.56. The van der Waals surface area contributed by atoms with E-state index in [9.17, 15) is 4.79 Å². The van der Waals surface area contributed by atoms with Crippen LogP contribution in [0.25, 0.3) is 0 Å². The Hall–Kier alpha value is -1.62. The molecule has 0 radical (unpaired) electrons. The zero-order valence-electron chi connectivity index (χ0n) is 12.2. The zero-order valence-corrected chi connectivity index (χ0v) is 12.9. The van der Waals surface area contributed by atoms with Gasteiger partial charge in [-0.3, -0.25) is 14.0 Å². The Morgan fingerprint density at radius 3 is 2.55 bits per heavy atom. The number of rotatable bonds is 4. The highest BCUT2D eigenvalue weighted by molar-refractivity contribution is 6.29. The Morgan fingerprint density at radius 1 is 1.30 bits per heavy atom. The maximum atomic E-state index is 12.1. The molecule has 0 N–H and O–H groups in total. The number of halogens is 1. The number of nitrogens with zero attached hydrogens (tertiary/aromatic N) is 4. The molecule has 0 aliphatic heterocycles. The molecule has 0 fully saturated rings. The van der Waals surface area contributed by atoms with Gasteiger partial charge >= 0.3 is 0 Å². The van der Waals surface area contributed by atoms with Crippen LogP contribution >= 0.6 is 11.6 Å². The Bertz CT molecular complexity index is 657. The van der Waals surface area contributed by atoms with Crippen molar-refractivity contribution >= 4 is 11.6 Å². The summed E-state index contributed by atoms with van der Waals surface area (Å²) >= 11 is 5.87. The number of aromatic nitrogens is 4. The van der Waals surface area contributed by atoms with Crippen LogP contribution < -0.4 is 5.56 Å². The molecule has 0 amide bonds. The maximum Gasteiger partial charge on any atom is 0.255 e. The fourth-order valence-electron chi connectivity index (χ4n) is 2.01. The van der Waals surface area contributed by atoms with Crippen LogP contribution in [0.4, 0.5) is 0 Å². The number of hydrogen-bond donors (Lipinski definition) is 0. The smallest absolute Gasteiger partial charge is 0.255 e. The molecule has 0 bridgehead atoms. The Balaban J connectivity index is 2.39. The van der Waals surface area contributed by atoms with E-state index in [0.717, 1.165) is 5.69 Å². The molecule has 0 aromatic carbocycles. The lowest BCUT2D eigenvalue weighted by atomic mass is 10.2. The highest BCUT2D eigenvalue weighted by Gasteiger charge is 2.13. The highest BCUT2D eigenvalue weighted by Crippen LogP contribution is 2.14. The average Bonchev–Trinajstić information content (AvgIpc) is 2.80. The first-order chi connectivity index (χ1) is 9.38. The van der Waals surface area contributed by atoms with E-state index in [0.29, 0.717) is 18.4 Å². The Kier molecular flexibility index (Phi) is 4.28. The van der Waals surface area contributed by atoms with E-state index in [1.165, 1.54) is 6.07 Å². The SMILES string of the molecule is CC(C)c1nc(Cl)cc(=O)n1Cc1ccn(C(C)C)n1. The van der Waals surface area contributed by atoms with Gasteiger partial charge in [0, 0.05) is 24.2 Å². The van der Waals surface area contributed by atoms with Gasteiger partial charge in [0.2, 0.25) is 0 Å². The van der Waals surface area contributed by atoms with E-state index in [2.05, 4.69) is 23.9 Å². The van der Waals surface area contributed by atoms with Crippen LogP contribution in [-0.4, -0.2) is 19.3 Å². The minimum atomic E-state index is -0.146. The van der Waals surface area contributed by atoms with Crippen LogP contribution in [-0.2, 0) is 6.54 Å². The lowest BCUT2D eigenvalue weighted by molar-refractivity contribution is 0.519. The molecule has 108 valence electrons. The van der Waals surface area contributed by atoms with Crippen LogP contribution in [0.15, 0.2) is 23.1 Å². The highest BCUT2D eigenvalue weighted by atomic mass is 35.5. The summed E-state index contributed by atoms with van der Waals surface area (Å²) < 4.78 is 3.50. The van der Waals surface area contributed by atoms with Crippen LogP contribution in [0.5, 0.6) is 0 Å². The van der Waals surface area contributed by atoms with Gasteiger partial charge < -0.3 is 0 Å². The maximum absolute atomic E-state index is 12.1. The zero-order chi connectivity index (χ0) is 14.9. The van der Waals surface area contributed by atoms with Gasteiger partial charge in [-0.2, -0.15) is 5.10 Å². The van der Waals surface area contributed by atoms with E-state index >= 15 is 0 Å².